The maximum Gasteiger partial charge on any atom is 0.144 e. The van der Waals surface area contributed by atoms with Gasteiger partial charge in [0.2, 0.25) is 0 Å². The van der Waals surface area contributed by atoms with E-state index in [-0.39, 0.29) is 11.3 Å². The van der Waals surface area contributed by atoms with Gasteiger partial charge in [-0.2, -0.15) is 0 Å². The Morgan fingerprint density at radius 2 is 1.97 bits per heavy atom. The summed E-state index contributed by atoms with van der Waals surface area (Å²) in [6.45, 7) is 2.90. The van der Waals surface area contributed by atoms with Crippen molar-refractivity contribution in [2.45, 2.75) is 76.7 Å². The van der Waals surface area contributed by atoms with Crippen LogP contribution in [0.25, 0.3) is 0 Å². The maximum absolute atomic E-state index is 13.2. The fourth-order valence-corrected chi connectivity index (χ4v) is 8.60. The second-order valence-corrected chi connectivity index (χ2v) is 11.2. The number of carbonyl (C=O) groups is 1. The van der Waals surface area contributed by atoms with Gasteiger partial charge >= 0.3 is 0 Å². The summed E-state index contributed by atoms with van der Waals surface area (Å²) in [4.78, 5) is 13.2. The van der Waals surface area contributed by atoms with E-state index in [1.165, 1.54) is 32.1 Å². The molecule has 0 bridgehead atoms. The third-order valence-electron chi connectivity index (χ3n) is 9.83. The van der Waals surface area contributed by atoms with Crippen LogP contribution in [0, 0.1) is 40.9 Å². The molecule has 30 heavy (non-hydrogen) atoms. The molecule has 1 aromatic rings. The van der Waals surface area contributed by atoms with Crippen LogP contribution in [-0.4, -0.2) is 30.2 Å². The second kappa shape index (κ2) is 7.78. The molecule has 0 aromatic carbocycles. The Hall–Kier alpha value is -1.13. The summed E-state index contributed by atoms with van der Waals surface area (Å²) in [5.41, 5.74) is -0.439. The third kappa shape index (κ3) is 3.39. The molecule has 1 heterocycles. The summed E-state index contributed by atoms with van der Waals surface area (Å²) in [5, 5.41) is 10.9. The van der Waals surface area contributed by atoms with Crippen molar-refractivity contribution in [3.8, 4) is 0 Å². The molecule has 4 aliphatic carbocycles. The Bertz CT molecular complexity index is 757. The van der Waals surface area contributed by atoms with Crippen molar-refractivity contribution in [2.24, 2.45) is 40.9 Å². The van der Waals surface area contributed by atoms with Gasteiger partial charge in [-0.15, -0.1) is 0 Å². The molecule has 166 valence electrons. The monoisotopic (exact) mass is 414 g/mol. The molecule has 1 N–H and O–H groups in total. The summed E-state index contributed by atoms with van der Waals surface area (Å²) in [6.07, 6.45) is 12.4. The lowest BCUT2D eigenvalue weighted by atomic mass is 9.49. The Kier molecular flexibility index (Phi) is 5.38. The van der Waals surface area contributed by atoms with Crippen LogP contribution in [0.2, 0.25) is 0 Å². The number of aliphatic hydroxyl groups is 1. The number of carbonyl (C=O) groups excluding carboxylic acids is 1. The topological polar surface area (TPSA) is 59.7 Å². The number of ketones is 1. The van der Waals surface area contributed by atoms with E-state index in [2.05, 4.69) is 6.92 Å². The van der Waals surface area contributed by atoms with Gasteiger partial charge in [-0.1, -0.05) is 6.92 Å². The smallest absolute Gasteiger partial charge is 0.144 e. The molecule has 1 aromatic heterocycles. The first-order valence-corrected chi connectivity index (χ1v) is 12.2. The predicted molar refractivity (Wildman–Crippen MR) is 115 cm³/mol. The number of furan rings is 1. The average Bonchev–Trinajstić information content (AvgIpc) is 3.34. The van der Waals surface area contributed by atoms with Crippen molar-refractivity contribution < 1.29 is 19.1 Å². The van der Waals surface area contributed by atoms with Gasteiger partial charge in [0.1, 0.15) is 11.5 Å². The minimum Gasteiger partial charge on any atom is -0.469 e. The summed E-state index contributed by atoms with van der Waals surface area (Å²) in [7, 11) is 1.70. The first-order chi connectivity index (χ1) is 14.4. The van der Waals surface area contributed by atoms with Gasteiger partial charge in [0.25, 0.3) is 0 Å². The molecule has 4 saturated carbocycles. The highest BCUT2D eigenvalue weighted by atomic mass is 16.5. The van der Waals surface area contributed by atoms with E-state index in [9.17, 15) is 9.90 Å². The van der Waals surface area contributed by atoms with Crippen LogP contribution in [0.15, 0.2) is 22.8 Å². The molecule has 4 heteroatoms. The normalized spacial score (nSPS) is 45.4. The SMILES string of the molecule is COC[C@@]1(O)CC[C@H]2[C@H](CC[C@@H]3[C@@H]2CC[C@]2(C)[C@@H](C(=O)Cc4ccco4)CC[C@@H]32)C1. The van der Waals surface area contributed by atoms with Crippen LogP contribution in [0.5, 0.6) is 0 Å². The number of rotatable bonds is 5. The second-order valence-electron chi connectivity index (χ2n) is 11.2. The Morgan fingerprint density at radius 3 is 2.73 bits per heavy atom. The summed E-state index contributed by atoms with van der Waals surface area (Å²) < 4.78 is 10.8. The average molecular weight is 415 g/mol. The number of hydrogen-bond donors (Lipinski definition) is 1. The Labute approximate surface area is 180 Å². The van der Waals surface area contributed by atoms with Crippen LogP contribution >= 0.6 is 0 Å². The predicted octanol–water partition coefficient (Wildman–Crippen LogP) is 5.04. The van der Waals surface area contributed by atoms with E-state index in [1.54, 1.807) is 13.4 Å². The van der Waals surface area contributed by atoms with Gasteiger partial charge in [0, 0.05) is 13.0 Å². The van der Waals surface area contributed by atoms with Crippen molar-refractivity contribution in [3.05, 3.63) is 24.2 Å². The van der Waals surface area contributed by atoms with E-state index in [4.69, 9.17) is 9.15 Å². The van der Waals surface area contributed by atoms with Crippen LogP contribution in [0.4, 0.5) is 0 Å². The molecule has 0 radical (unpaired) electrons. The van der Waals surface area contributed by atoms with Crippen molar-refractivity contribution >= 4 is 5.78 Å². The van der Waals surface area contributed by atoms with Crippen LogP contribution < -0.4 is 0 Å². The Morgan fingerprint density at radius 1 is 1.13 bits per heavy atom. The zero-order chi connectivity index (χ0) is 20.9. The lowest BCUT2D eigenvalue weighted by Crippen LogP contribution is -2.52. The zero-order valence-corrected chi connectivity index (χ0v) is 18.6. The van der Waals surface area contributed by atoms with E-state index in [0.29, 0.717) is 30.6 Å². The first-order valence-electron chi connectivity index (χ1n) is 12.2. The standard InChI is InChI=1S/C26H38O4/c1-25-11-9-20-19-10-12-26(28,16-29-2)15-17(19)5-6-21(20)22(25)7-8-23(25)24(27)14-18-4-3-13-30-18/h3-4,13,17,19-23,28H,5-12,14-16H2,1-2H3/t17-,19+,20-,21-,22+,23-,25+,26-/m1/s1. The van der Waals surface area contributed by atoms with Gasteiger partial charge < -0.3 is 14.3 Å². The largest absolute Gasteiger partial charge is 0.469 e. The van der Waals surface area contributed by atoms with E-state index in [0.717, 1.165) is 49.2 Å². The van der Waals surface area contributed by atoms with Gasteiger partial charge in [-0.3, -0.25) is 4.79 Å². The lowest BCUT2D eigenvalue weighted by Gasteiger charge is -2.57. The van der Waals surface area contributed by atoms with E-state index >= 15 is 0 Å². The molecular formula is C26H38O4. The summed E-state index contributed by atoms with van der Waals surface area (Å²) in [5.74, 6) is 5.10. The zero-order valence-electron chi connectivity index (χ0n) is 18.6. The van der Waals surface area contributed by atoms with Gasteiger partial charge in [-0.05, 0) is 105 Å². The van der Waals surface area contributed by atoms with Gasteiger partial charge in [-0.25, -0.2) is 0 Å². The number of ether oxygens (including phenoxy) is 1. The molecule has 0 amide bonds. The highest BCUT2D eigenvalue weighted by Gasteiger charge is 2.58. The minimum absolute atomic E-state index is 0.170. The molecule has 5 rings (SSSR count). The van der Waals surface area contributed by atoms with Crippen molar-refractivity contribution in [1.82, 2.24) is 0 Å². The fraction of sp³-hybridized carbons (Fsp3) is 0.808. The number of fused-ring (bicyclic) bond motifs is 5. The minimum atomic E-state index is -0.608. The molecule has 4 aliphatic rings. The molecule has 0 spiro atoms. The molecule has 0 saturated heterocycles. The molecule has 4 nitrogen and oxygen atoms in total. The molecule has 4 fully saturated rings. The maximum atomic E-state index is 13.2. The number of methoxy groups -OCH3 is 1. The van der Waals surface area contributed by atoms with Crippen LogP contribution in [0.3, 0.4) is 0 Å². The summed E-state index contributed by atoms with van der Waals surface area (Å²) >= 11 is 0. The molecule has 8 atom stereocenters. The third-order valence-corrected chi connectivity index (χ3v) is 9.83. The molecule has 0 aliphatic heterocycles. The van der Waals surface area contributed by atoms with Crippen LogP contribution in [-0.2, 0) is 16.0 Å². The lowest BCUT2D eigenvalue weighted by molar-refractivity contribution is -0.136. The van der Waals surface area contributed by atoms with E-state index in [1.807, 2.05) is 12.1 Å². The number of Topliss-reactive ketones (excluding diaryl/α,β-unsaturated/α-hetero) is 1. The first kappa shape index (κ1) is 20.8. The van der Waals surface area contributed by atoms with Gasteiger partial charge in [0.05, 0.1) is 24.9 Å². The summed E-state index contributed by atoms with van der Waals surface area (Å²) in [6, 6.07) is 3.81. The quantitative estimate of drug-likeness (QED) is 0.733. The molecule has 0 unspecified atom stereocenters. The van der Waals surface area contributed by atoms with Gasteiger partial charge in [0.15, 0.2) is 0 Å². The van der Waals surface area contributed by atoms with Crippen molar-refractivity contribution in [2.75, 3.05) is 13.7 Å². The Balaban J connectivity index is 1.29. The highest BCUT2D eigenvalue weighted by Crippen LogP contribution is 2.64. The number of hydrogen-bond acceptors (Lipinski definition) is 4. The van der Waals surface area contributed by atoms with Crippen molar-refractivity contribution in [3.63, 3.8) is 0 Å². The molecular weight excluding hydrogens is 376 g/mol. The van der Waals surface area contributed by atoms with Crippen LogP contribution in [0.1, 0.15) is 70.5 Å². The highest BCUT2D eigenvalue weighted by molar-refractivity contribution is 5.84. The van der Waals surface area contributed by atoms with E-state index < -0.39 is 5.60 Å². The fourth-order valence-electron chi connectivity index (χ4n) is 8.60. The van der Waals surface area contributed by atoms with Crippen molar-refractivity contribution in [1.29, 1.82) is 0 Å².